The summed E-state index contributed by atoms with van der Waals surface area (Å²) in [6.07, 6.45) is 6.92. The van der Waals surface area contributed by atoms with Crippen LogP contribution in [-0.4, -0.2) is 15.9 Å². The van der Waals surface area contributed by atoms with E-state index in [2.05, 4.69) is 4.99 Å². The first-order chi connectivity index (χ1) is 9.25. The average Bonchev–Trinajstić information content (AvgIpc) is 2.89. The first kappa shape index (κ1) is 15.2. The Morgan fingerprint density at radius 3 is 2.55 bits per heavy atom. The Morgan fingerprint density at radius 1 is 1.05 bits per heavy atom. The lowest BCUT2D eigenvalue weighted by molar-refractivity contribution is -0.376. The lowest BCUT2D eigenvalue weighted by Crippen LogP contribution is -3.00. The normalized spacial score (nSPS) is 20.8. The summed E-state index contributed by atoms with van der Waals surface area (Å²) in [6, 6.07) is 7.14. The van der Waals surface area contributed by atoms with Crippen molar-refractivity contribution in [2.45, 2.75) is 0 Å². The van der Waals surface area contributed by atoms with Crippen LogP contribution in [0.3, 0.4) is 0 Å². The highest BCUT2D eigenvalue weighted by Gasteiger charge is 2.29. The Kier molecular flexibility index (Phi) is 4.91. The first-order valence-electron chi connectivity index (χ1n) is 5.66. The number of benzene rings is 1. The SMILES string of the molecule is O=C1C=CC=C/C1=C1/[NH+]=C(c2ccccc2O)SS1.[Br-]. The van der Waals surface area contributed by atoms with Gasteiger partial charge in [0.15, 0.2) is 5.78 Å². The van der Waals surface area contributed by atoms with Gasteiger partial charge in [0.25, 0.3) is 10.1 Å². The van der Waals surface area contributed by atoms with Crippen LogP contribution >= 0.6 is 21.6 Å². The van der Waals surface area contributed by atoms with Crippen LogP contribution in [0.15, 0.2) is 59.2 Å². The molecule has 0 amide bonds. The van der Waals surface area contributed by atoms with E-state index in [4.69, 9.17) is 0 Å². The van der Waals surface area contributed by atoms with Gasteiger partial charge in [0.1, 0.15) is 11.3 Å². The smallest absolute Gasteiger partial charge is 0.261 e. The van der Waals surface area contributed by atoms with Crippen molar-refractivity contribution >= 4 is 32.4 Å². The lowest BCUT2D eigenvalue weighted by Gasteiger charge is -1.98. The number of hydrogen-bond donors (Lipinski definition) is 2. The summed E-state index contributed by atoms with van der Waals surface area (Å²) in [5, 5.41) is 11.5. The predicted octanol–water partition coefficient (Wildman–Crippen LogP) is -1.47. The van der Waals surface area contributed by atoms with Crippen molar-refractivity contribution in [3.05, 3.63) is 64.7 Å². The zero-order chi connectivity index (χ0) is 13.2. The van der Waals surface area contributed by atoms with Crippen LogP contribution in [0.2, 0.25) is 0 Å². The highest BCUT2D eigenvalue weighted by atomic mass is 79.9. The molecule has 0 unspecified atom stereocenters. The van der Waals surface area contributed by atoms with E-state index in [0.717, 1.165) is 15.6 Å². The number of aromatic hydroxyl groups is 1. The molecule has 0 saturated carbocycles. The van der Waals surface area contributed by atoms with Crippen LogP contribution in [0.4, 0.5) is 0 Å². The molecule has 0 saturated heterocycles. The molecular weight excluding hydrogens is 358 g/mol. The summed E-state index contributed by atoms with van der Waals surface area (Å²) in [7, 11) is 3.00. The molecule has 0 bridgehead atoms. The van der Waals surface area contributed by atoms with E-state index in [9.17, 15) is 9.90 Å². The Hall–Kier alpha value is -1.24. The van der Waals surface area contributed by atoms with Crippen LogP contribution in [0.1, 0.15) is 5.56 Å². The fourth-order valence-corrected chi connectivity index (χ4v) is 4.10. The molecule has 0 radical (unpaired) electrons. The molecule has 2 N–H and O–H groups in total. The van der Waals surface area contributed by atoms with Gasteiger partial charge in [0, 0.05) is 21.6 Å². The molecule has 1 aliphatic heterocycles. The van der Waals surface area contributed by atoms with E-state index >= 15 is 0 Å². The Labute approximate surface area is 134 Å². The van der Waals surface area contributed by atoms with Gasteiger partial charge in [-0.1, -0.05) is 24.3 Å². The fourth-order valence-electron chi connectivity index (χ4n) is 1.77. The monoisotopic (exact) mass is 367 g/mol. The van der Waals surface area contributed by atoms with Crippen molar-refractivity contribution in [2.75, 3.05) is 0 Å². The highest BCUT2D eigenvalue weighted by molar-refractivity contribution is 8.84. The van der Waals surface area contributed by atoms with Crippen LogP contribution in [0.25, 0.3) is 0 Å². The number of carbonyl (C=O) groups is 1. The van der Waals surface area contributed by atoms with Gasteiger partial charge >= 0.3 is 0 Å². The second-order valence-corrected chi connectivity index (χ2v) is 6.11. The molecule has 1 aliphatic carbocycles. The Balaban J connectivity index is 0.00000147. The van der Waals surface area contributed by atoms with Crippen molar-refractivity contribution < 1.29 is 31.9 Å². The fraction of sp³-hybridized carbons (Fsp3) is 0. The molecule has 2 aliphatic rings. The average molecular weight is 368 g/mol. The van der Waals surface area contributed by atoms with Crippen LogP contribution < -0.4 is 22.0 Å². The van der Waals surface area contributed by atoms with Crippen molar-refractivity contribution in [3.8, 4) is 5.75 Å². The summed E-state index contributed by atoms with van der Waals surface area (Å²) in [5.41, 5.74) is 1.41. The maximum Gasteiger partial charge on any atom is 0.261 e. The van der Waals surface area contributed by atoms with Crippen LogP contribution in [-0.2, 0) is 4.79 Å². The van der Waals surface area contributed by atoms with Gasteiger partial charge in [0.2, 0.25) is 0 Å². The minimum absolute atomic E-state index is 0. The zero-order valence-electron chi connectivity index (χ0n) is 10.2. The van der Waals surface area contributed by atoms with Crippen molar-refractivity contribution in [2.24, 2.45) is 0 Å². The number of phenolic OH excluding ortho intramolecular Hbond substituents is 1. The number of nitrogens with one attached hydrogen (secondary N) is 1. The Bertz CT molecular complexity index is 678. The number of halogens is 1. The number of carbonyl (C=O) groups excluding carboxylic acids is 1. The second kappa shape index (κ2) is 6.47. The van der Waals surface area contributed by atoms with E-state index in [-0.39, 0.29) is 28.5 Å². The van der Waals surface area contributed by atoms with Gasteiger partial charge in [-0.2, -0.15) is 4.99 Å². The summed E-state index contributed by atoms with van der Waals surface area (Å²) in [4.78, 5) is 15.0. The van der Waals surface area contributed by atoms with E-state index < -0.39 is 0 Å². The largest absolute Gasteiger partial charge is 1.00 e. The molecule has 3 rings (SSSR count). The molecule has 6 heteroatoms. The highest BCUT2D eigenvalue weighted by Crippen LogP contribution is 2.36. The van der Waals surface area contributed by atoms with E-state index in [1.165, 1.54) is 21.6 Å². The molecule has 1 aromatic carbocycles. The minimum Gasteiger partial charge on any atom is -1.00 e. The molecule has 20 heavy (non-hydrogen) atoms. The topological polar surface area (TPSA) is 51.3 Å². The maximum absolute atomic E-state index is 11.8. The third-order valence-corrected chi connectivity index (χ3v) is 5.03. The molecule has 3 nitrogen and oxygen atoms in total. The number of ketones is 1. The first-order valence-corrected chi connectivity index (χ1v) is 7.81. The van der Waals surface area contributed by atoms with Crippen molar-refractivity contribution in [3.63, 3.8) is 0 Å². The number of para-hydroxylation sites is 1. The zero-order valence-corrected chi connectivity index (χ0v) is 13.4. The summed E-state index contributed by atoms with van der Waals surface area (Å²) in [5.74, 6) is 0.228. The maximum atomic E-state index is 11.8. The molecule has 0 atom stereocenters. The van der Waals surface area contributed by atoms with E-state index in [1.54, 1.807) is 30.4 Å². The van der Waals surface area contributed by atoms with E-state index in [1.807, 2.05) is 18.2 Å². The van der Waals surface area contributed by atoms with Crippen LogP contribution in [0.5, 0.6) is 5.75 Å². The standard InChI is InChI=1S/C14H9NO2S2.BrH/c16-11-7-3-1-5-9(11)13-15-14(19-18-13)10-6-2-4-8-12(10)17;/h1-8,16H;1H/b14-10+;. The number of phenols is 1. The van der Waals surface area contributed by atoms with Crippen molar-refractivity contribution in [1.29, 1.82) is 0 Å². The molecule has 1 heterocycles. The second-order valence-electron chi connectivity index (χ2n) is 3.96. The van der Waals surface area contributed by atoms with Gasteiger partial charge in [-0.05, 0) is 24.3 Å². The lowest BCUT2D eigenvalue weighted by atomic mass is 10.1. The molecule has 0 aromatic heterocycles. The number of rotatable bonds is 1. The predicted molar refractivity (Wildman–Crippen MR) is 78.7 cm³/mol. The molecule has 0 fully saturated rings. The van der Waals surface area contributed by atoms with Gasteiger partial charge in [0.05, 0.1) is 5.56 Å². The molecule has 1 aromatic rings. The number of allylic oxidation sites excluding steroid dienone is 5. The van der Waals surface area contributed by atoms with Gasteiger partial charge in [-0.3, -0.25) is 4.79 Å². The third-order valence-electron chi connectivity index (χ3n) is 2.72. The summed E-state index contributed by atoms with van der Waals surface area (Å²) >= 11 is 0. The minimum atomic E-state index is -0.00312. The van der Waals surface area contributed by atoms with E-state index in [0.29, 0.717) is 5.57 Å². The van der Waals surface area contributed by atoms with Crippen LogP contribution in [0, 0.1) is 0 Å². The Morgan fingerprint density at radius 2 is 1.80 bits per heavy atom. The van der Waals surface area contributed by atoms with Crippen molar-refractivity contribution in [1.82, 2.24) is 0 Å². The molecular formula is C14H10BrNO2S2. The quantitative estimate of drug-likeness (QED) is 0.469. The van der Waals surface area contributed by atoms with Gasteiger partial charge < -0.3 is 22.1 Å². The molecule has 102 valence electrons. The number of hydrogen-bond acceptors (Lipinski definition) is 4. The third kappa shape index (κ3) is 2.92. The van der Waals surface area contributed by atoms with Gasteiger partial charge in [-0.25, -0.2) is 0 Å². The summed E-state index contributed by atoms with van der Waals surface area (Å²) < 4.78 is 0. The summed E-state index contributed by atoms with van der Waals surface area (Å²) in [6.45, 7) is 0. The molecule has 0 spiro atoms. The van der Waals surface area contributed by atoms with Gasteiger partial charge in [-0.15, -0.1) is 0 Å².